The zero-order chi connectivity index (χ0) is 11.1. The molecule has 0 aliphatic carbocycles. The molecule has 0 spiro atoms. The van der Waals surface area contributed by atoms with Gasteiger partial charge < -0.3 is 21.1 Å². The van der Waals surface area contributed by atoms with Crippen LogP contribution in [0.3, 0.4) is 0 Å². The molecule has 0 bridgehead atoms. The zero-order valence-electron chi connectivity index (χ0n) is 8.58. The highest BCUT2D eigenvalue weighted by Gasteiger charge is 2.14. The van der Waals surface area contributed by atoms with Crippen molar-refractivity contribution in [3.8, 4) is 0 Å². The summed E-state index contributed by atoms with van der Waals surface area (Å²) in [5.74, 6) is -0.909. The highest BCUT2D eigenvalue weighted by atomic mass is 16.4. The number of hydrogen-bond donors (Lipinski definition) is 4. The molecule has 1 aliphatic rings. The lowest BCUT2D eigenvalue weighted by Crippen LogP contribution is -2.42. The molecule has 4 N–H and O–H groups in total. The van der Waals surface area contributed by atoms with Crippen molar-refractivity contribution in [2.45, 2.75) is 25.3 Å². The van der Waals surface area contributed by atoms with Crippen LogP contribution in [0.1, 0.15) is 19.3 Å². The molecule has 1 heterocycles. The van der Waals surface area contributed by atoms with E-state index in [1.54, 1.807) is 0 Å². The van der Waals surface area contributed by atoms with E-state index >= 15 is 0 Å². The molecule has 6 nitrogen and oxygen atoms in total. The minimum Gasteiger partial charge on any atom is -0.481 e. The summed E-state index contributed by atoms with van der Waals surface area (Å²) in [6.07, 6.45) is 2.18. The Bertz CT molecular complexity index is 227. The van der Waals surface area contributed by atoms with Crippen molar-refractivity contribution < 1.29 is 14.7 Å². The van der Waals surface area contributed by atoms with Gasteiger partial charge in [-0.3, -0.25) is 4.79 Å². The van der Waals surface area contributed by atoms with Crippen LogP contribution in [0.2, 0.25) is 0 Å². The fourth-order valence-corrected chi connectivity index (χ4v) is 1.49. The maximum absolute atomic E-state index is 11.1. The maximum Gasteiger partial charge on any atom is 0.314 e. The van der Waals surface area contributed by atoms with Crippen LogP contribution in [0.4, 0.5) is 4.79 Å². The Labute approximate surface area is 88.4 Å². The molecule has 6 heteroatoms. The number of hydrogen-bond acceptors (Lipinski definition) is 3. The Morgan fingerprint density at radius 2 is 2.20 bits per heavy atom. The summed E-state index contributed by atoms with van der Waals surface area (Å²) in [6.45, 7) is 1.77. The van der Waals surface area contributed by atoms with E-state index in [1.807, 2.05) is 0 Å². The van der Waals surface area contributed by atoms with Crippen LogP contribution in [0.25, 0.3) is 0 Å². The predicted octanol–water partition coefficient (Wildman–Crippen LogP) is -0.488. The van der Waals surface area contributed by atoms with Crippen molar-refractivity contribution in [1.29, 1.82) is 0 Å². The summed E-state index contributed by atoms with van der Waals surface area (Å²) < 4.78 is 0. The number of urea groups is 1. The van der Waals surface area contributed by atoms with Crippen LogP contribution in [0.15, 0.2) is 0 Å². The third kappa shape index (κ3) is 5.21. The highest BCUT2D eigenvalue weighted by molar-refractivity contribution is 5.74. The van der Waals surface area contributed by atoms with E-state index in [-0.39, 0.29) is 19.0 Å². The summed E-state index contributed by atoms with van der Waals surface area (Å²) in [7, 11) is 0. The van der Waals surface area contributed by atoms with Crippen LogP contribution in [0.5, 0.6) is 0 Å². The van der Waals surface area contributed by atoms with Gasteiger partial charge in [-0.05, 0) is 19.4 Å². The molecule has 86 valence electrons. The molecule has 0 saturated carbocycles. The van der Waals surface area contributed by atoms with Crippen LogP contribution in [0, 0.1) is 0 Å². The standard InChI is InChI=1S/C9H17N3O3/c13-8(14)3-5-11-9(15)12-6-7-2-1-4-10-7/h7,10H,1-6H2,(H,13,14)(H2,11,12,15). The van der Waals surface area contributed by atoms with Crippen LogP contribution >= 0.6 is 0 Å². The number of amides is 2. The number of carbonyl (C=O) groups is 2. The molecule has 1 aliphatic heterocycles. The Balaban J connectivity index is 2.00. The van der Waals surface area contributed by atoms with Gasteiger partial charge >= 0.3 is 12.0 Å². The van der Waals surface area contributed by atoms with Gasteiger partial charge in [-0.15, -0.1) is 0 Å². The first kappa shape index (κ1) is 11.8. The normalized spacial score (nSPS) is 19.9. The fourth-order valence-electron chi connectivity index (χ4n) is 1.49. The molecule has 0 radical (unpaired) electrons. The van der Waals surface area contributed by atoms with Gasteiger partial charge in [0, 0.05) is 19.1 Å². The van der Waals surface area contributed by atoms with Crippen molar-refractivity contribution >= 4 is 12.0 Å². The van der Waals surface area contributed by atoms with E-state index in [9.17, 15) is 9.59 Å². The first-order valence-corrected chi connectivity index (χ1v) is 5.15. The summed E-state index contributed by atoms with van der Waals surface area (Å²) in [5, 5.41) is 16.8. The summed E-state index contributed by atoms with van der Waals surface area (Å²) in [5.41, 5.74) is 0. The van der Waals surface area contributed by atoms with E-state index in [2.05, 4.69) is 16.0 Å². The zero-order valence-corrected chi connectivity index (χ0v) is 8.58. The largest absolute Gasteiger partial charge is 0.481 e. The topological polar surface area (TPSA) is 90.5 Å². The van der Waals surface area contributed by atoms with Crippen molar-refractivity contribution in [3.63, 3.8) is 0 Å². The van der Waals surface area contributed by atoms with Gasteiger partial charge in [0.2, 0.25) is 0 Å². The Morgan fingerprint density at radius 3 is 2.80 bits per heavy atom. The lowest BCUT2D eigenvalue weighted by Gasteiger charge is -2.11. The van der Waals surface area contributed by atoms with Crippen molar-refractivity contribution in [2.75, 3.05) is 19.6 Å². The summed E-state index contributed by atoms with van der Waals surface area (Å²) in [4.78, 5) is 21.3. The molecule has 0 aromatic rings. The first-order chi connectivity index (χ1) is 7.18. The van der Waals surface area contributed by atoms with E-state index in [4.69, 9.17) is 5.11 Å². The smallest absolute Gasteiger partial charge is 0.314 e. The molecule has 1 fully saturated rings. The van der Waals surface area contributed by atoms with Crippen LogP contribution < -0.4 is 16.0 Å². The maximum atomic E-state index is 11.1. The minimum absolute atomic E-state index is 0.0465. The number of carboxylic acid groups (broad SMARTS) is 1. The van der Waals surface area contributed by atoms with Gasteiger partial charge in [0.1, 0.15) is 0 Å². The van der Waals surface area contributed by atoms with E-state index in [0.29, 0.717) is 12.6 Å². The van der Waals surface area contributed by atoms with Gasteiger partial charge in [-0.25, -0.2) is 4.79 Å². The Morgan fingerprint density at radius 1 is 1.40 bits per heavy atom. The lowest BCUT2D eigenvalue weighted by atomic mass is 10.2. The summed E-state index contributed by atoms with van der Waals surface area (Å²) in [6, 6.07) is 0.0557. The molecule has 0 aromatic heterocycles. The van der Waals surface area contributed by atoms with E-state index < -0.39 is 5.97 Å². The van der Waals surface area contributed by atoms with Gasteiger partial charge in [0.25, 0.3) is 0 Å². The second-order valence-corrected chi connectivity index (χ2v) is 3.57. The number of carbonyl (C=O) groups excluding carboxylic acids is 1. The highest BCUT2D eigenvalue weighted by Crippen LogP contribution is 2.02. The molecule has 0 aromatic carbocycles. The third-order valence-corrected chi connectivity index (χ3v) is 2.30. The number of nitrogens with one attached hydrogen (secondary N) is 3. The van der Waals surface area contributed by atoms with Crippen molar-refractivity contribution in [2.24, 2.45) is 0 Å². The average molecular weight is 215 g/mol. The SMILES string of the molecule is O=C(O)CCNC(=O)NCC1CCCN1. The quantitative estimate of drug-likeness (QED) is 0.498. The van der Waals surface area contributed by atoms with Crippen molar-refractivity contribution in [1.82, 2.24) is 16.0 Å². The molecule has 1 rings (SSSR count). The molecule has 1 saturated heterocycles. The molecule has 15 heavy (non-hydrogen) atoms. The second kappa shape index (κ2) is 6.23. The molecule has 1 atom stereocenters. The number of rotatable bonds is 5. The van der Waals surface area contributed by atoms with Crippen molar-refractivity contribution in [3.05, 3.63) is 0 Å². The van der Waals surface area contributed by atoms with Crippen LogP contribution in [-0.2, 0) is 4.79 Å². The third-order valence-electron chi connectivity index (χ3n) is 2.30. The van der Waals surface area contributed by atoms with Crippen LogP contribution in [-0.4, -0.2) is 42.8 Å². The predicted molar refractivity (Wildman–Crippen MR) is 54.7 cm³/mol. The number of aliphatic carboxylic acids is 1. The monoisotopic (exact) mass is 215 g/mol. The molecular formula is C9H17N3O3. The van der Waals surface area contributed by atoms with Gasteiger partial charge in [0.05, 0.1) is 6.42 Å². The lowest BCUT2D eigenvalue weighted by molar-refractivity contribution is -0.136. The molecule has 2 amide bonds. The number of carboxylic acids is 1. The first-order valence-electron chi connectivity index (χ1n) is 5.15. The minimum atomic E-state index is -0.909. The van der Waals surface area contributed by atoms with E-state index in [0.717, 1.165) is 19.4 Å². The fraction of sp³-hybridized carbons (Fsp3) is 0.778. The van der Waals surface area contributed by atoms with Gasteiger partial charge in [-0.2, -0.15) is 0 Å². The Kier molecular flexibility index (Phi) is 4.89. The Hall–Kier alpha value is -1.30. The summed E-state index contributed by atoms with van der Waals surface area (Å²) >= 11 is 0. The molecular weight excluding hydrogens is 198 g/mol. The average Bonchev–Trinajstić information content (AvgIpc) is 2.66. The second-order valence-electron chi connectivity index (χ2n) is 3.57. The van der Waals surface area contributed by atoms with E-state index in [1.165, 1.54) is 0 Å². The van der Waals surface area contributed by atoms with Gasteiger partial charge in [-0.1, -0.05) is 0 Å². The molecule has 1 unspecified atom stereocenters. The van der Waals surface area contributed by atoms with Gasteiger partial charge in [0.15, 0.2) is 0 Å².